The molecule has 2 rings (SSSR count). The SMILES string of the molecule is O=C(NCCn1ccnn1)N[C@H]1CC[C@@H](C(=O)O)C1. The smallest absolute Gasteiger partial charge is 0.315 e. The number of carboxylic acids is 1. The quantitative estimate of drug-likeness (QED) is 0.686. The Hall–Kier alpha value is -2.12. The Morgan fingerprint density at radius 3 is 2.89 bits per heavy atom. The van der Waals surface area contributed by atoms with Gasteiger partial charge in [-0.25, -0.2) is 4.79 Å². The second-order valence-corrected chi connectivity index (χ2v) is 4.61. The fourth-order valence-corrected chi connectivity index (χ4v) is 2.21. The number of carbonyl (C=O) groups excluding carboxylic acids is 1. The number of amides is 2. The van der Waals surface area contributed by atoms with E-state index in [-0.39, 0.29) is 18.0 Å². The van der Waals surface area contributed by atoms with E-state index in [0.717, 1.165) is 0 Å². The summed E-state index contributed by atoms with van der Waals surface area (Å²) in [6.07, 6.45) is 5.14. The van der Waals surface area contributed by atoms with Crippen LogP contribution in [-0.4, -0.2) is 44.7 Å². The van der Waals surface area contributed by atoms with Crippen LogP contribution in [0.25, 0.3) is 0 Å². The Balaban J connectivity index is 1.63. The first-order valence-electron chi connectivity index (χ1n) is 6.26. The molecule has 3 N–H and O–H groups in total. The molecule has 8 heteroatoms. The number of hydrogen-bond acceptors (Lipinski definition) is 4. The summed E-state index contributed by atoms with van der Waals surface area (Å²) >= 11 is 0. The molecule has 0 saturated heterocycles. The van der Waals surface area contributed by atoms with Gasteiger partial charge in [-0.15, -0.1) is 5.10 Å². The van der Waals surface area contributed by atoms with Crippen LogP contribution in [-0.2, 0) is 11.3 Å². The predicted molar refractivity (Wildman–Crippen MR) is 65.3 cm³/mol. The molecule has 19 heavy (non-hydrogen) atoms. The van der Waals surface area contributed by atoms with Gasteiger partial charge in [-0.1, -0.05) is 5.21 Å². The Morgan fingerprint density at radius 1 is 1.42 bits per heavy atom. The van der Waals surface area contributed by atoms with Crippen molar-refractivity contribution in [2.45, 2.75) is 31.8 Å². The van der Waals surface area contributed by atoms with Crippen molar-refractivity contribution in [1.29, 1.82) is 0 Å². The van der Waals surface area contributed by atoms with Gasteiger partial charge in [0, 0.05) is 18.8 Å². The lowest BCUT2D eigenvalue weighted by Gasteiger charge is -2.13. The first-order valence-corrected chi connectivity index (χ1v) is 6.26. The molecule has 1 saturated carbocycles. The number of rotatable bonds is 5. The summed E-state index contributed by atoms with van der Waals surface area (Å²) in [6.45, 7) is 1.00. The van der Waals surface area contributed by atoms with Crippen molar-refractivity contribution in [1.82, 2.24) is 25.6 Å². The van der Waals surface area contributed by atoms with Crippen LogP contribution in [0.15, 0.2) is 12.4 Å². The highest BCUT2D eigenvalue weighted by atomic mass is 16.4. The average molecular weight is 267 g/mol. The predicted octanol–water partition coefficient (Wildman–Crippen LogP) is -0.169. The molecule has 1 aliphatic rings. The van der Waals surface area contributed by atoms with Crippen LogP contribution in [0.1, 0.15) is 19.3 Å². The molecule has 8 nitrogen and oxygen atoms in total. The van der Waals surface area contributed by atoms with Crippen LogP contribution in [0.2, 0.25) is 0 Å². The van der Waals surface area contributed by atoms with Crippen molar-refractivity contribution in [3.05, 3.63) is 12.4 Å². The van der Waals surface area contributed by atoms with Crippen molar-refractivity contribution < 1.29 is 14.7 Å². The molecule has 0 aliphatic heterocycles. The van der Waals surface area contributed by atoms with Crippen LogP contribution < -0.4 is 10.6 Å². The summed E-state index contributed by atoms with van der Waals surface area (Å²) in [6, 6.07) is -0.316. The maximum Gasteiger partial charge on any atom is 0.315 e. The van der Waals surface area contributed by atoms with E-state index in [4.69, 9.17) is 5.11 Å². The largest absolute Gasteiger partial charge is 0.481 e. The van der Waals surface area contributed by atoms with Gasteiger partial charge < -0.3 is 15.7 Å². The summed E-state index contributed by atoms with van der Waals surface area (Å²) in [5.41, 5.74) is 0. The van der Waals surface area contributed by atoms with Crippen LogP contribution in [0, 0.1) is 5.92 Å². The van der Waals surface area contributed by atoms with Crippen molar-refractivity contribution in [3.8, 4) is 0 Å². The molecular formula is C11H17N5O3. The summed E-state index contributed by atoms with van der Waals surface area (Å²) in [5.74, 6) is -1.11. The van der Waals surface area contributed by atoms with Crippen molar-refractivity contribution in [2.24, 2.45) is 5.92 Å². The van der Waals surface area contributed by atoms with Crippen molar-refractivity contribution >= 4 is 12.0 Å². The number of carboxylic acid groups (broad SMARTS) is 1. The number of urea groups is 1. The Morgan fingerprint density at radius 2 is 2.26 bits per heavy atom. The number of aliphatic carboxylic acids is 1. The highest BCUT2D eigenvalue weighted by Gasteiger charge is 2.30. The van der Waals surface area contributed by atoms with Gasteiger partial charge in [0.25, 0.3) is 0 Å². The van der Waals surface area contributed by atoms with Gasteiger partial charge in [0.1, 0.15) is 0 Å². The van der Waals surface area contributed by atoms with Crippen molar-refractivity contribution in [2.75, 3.05) is 6.54 Å². The lowest BCUT2D eigenvalue weighted by molar-refractivity contribution is -0.141. The highest BCUT2D eigenvalue weighted by Crippen LogP contribution is 2.25. The third-order valence-corrected chi connectivity index (χ3v) is 3.22. The zero-order valence-corrected chi connectivity index (χ0v) is 10.5. The monoisotopic (exact) mass is 267 g/mol. The third-order valence-electron chi connectivity index (χ3n) is 3.22. The molecule has 1 fully saturated rings. The number of carbonyl (C=O) groups is 2. The summed E-state index contributed by atoms with van der Waals surface area (Å²) < 4.78 is 1.62. The fourth-order valence-electron chi connectivity index (χ4n) is 2.21. The number of hydrogen-bond donors (Lipinski definition) is 3. The molecule has 0 radical (unpaired) electrons. The minimum atomic E-state index is -0.782. The second kappa shape index (κ2) is 6.17. The van der Waals surface area contributed by atoms with Crippen LogP contribution >= 0.6 is 0 Å². The van der Waals surface area contributed by atoms with E-state index in [0.29, 0.717) is 32.4 Å². The molecule has 1 aliphatic carbocycles. The van der Waals surface area contributed by atoms with E-state index >= 15 is 0 Å². The highest BCUT2D eigenvalue weighted by molar-refractivity contribution is 5.75. The number of nitrogens with zero attached hydrogens (tertiary/aromatic N) is 3. The van der Waals surface area contributed by atoms with Gasteiger partial charge in [-0.2, -0.15) is 0 Å². The lowest BCUT2D eigenvalue weighted by Crippen LogP contribution is -2.42. The van der Waals surface area contributed by atoms with E-state index in [1.54, 1.807) is 17.1 Å². The topological polar surface area (TPSA) is 109 Å². The van der Waals surface area contributed by atoms with E-state index in [1.807, 2.05) is 0 Å². The Labute approximate surface area is 110 Å². The molecule has 104 valence electrons. The van der Waals surface area contributed by atoms with Crippen molar-refractivity contribution in [3.63, 3.8) is 0 Å². The van der Waals surface area contributed by atoms with E-state index in [1.165, 1.54) is 0 Å². The zero-order valence-electron chi connectivity index (χ0n) is 10.5. The van der Waals surface area contributed by atoms with Gasteiger partial charge in [-0.05, 0) is 19.3 Å². The van der Waals surface area contributed by atoms with E-state index in [2.05, 4.69) is 20.9 Å². The standard InChI is InChI=1S/C11H17N5O3/c17-10(18)8-1-2-9(7-8)14-11(19)12-3-5-16-6-4-13-15-16/h4,6,8-9H,1-3,5,7H2,(H,17,18)(H2,12,14,19)/t8-,9+/m1/s1. The Kier molecular flexibility index (Phi) is 4.32. The van der Waals surface area contributed by atoms with Crippen LogP contribution in [0.4, 0.5) is 4.79 Å². The number of nitrogens with one attached hydrogen (secondary N) is 2. The van der Waals surface area contributed by atoms with Gasteiger partial charge in [0.15, 0.2) is 0 Å². The van der Waals surface area contributed by atoms with Gasteiger partial charge >= 0.3 is 12.0 Å². The molecule has 0 aromatic carbocycles. The Bertz CT molecular complexity index is 434. The molecule has 0 spiro atoms. The van der Waals surface area contributed by atoms with E-state index in [9.17, 15) is 9.59 Å². The zero-order chi connectivity index (χ0) is 13.7. The normalized spacial score (nSPS) is 22.1. The molecular weight excluding hydrogens is 250 g/mol. The molecule has 1 aromatic heterocycles. The van der Waals surface area contributed by atoms with Gasteiger partial charge in [0.2, 0.25) is 0 Å². The molecule has 1 aromatic rings. The second-order valence-electron chi connectivity index (χ2n) is 4.61. The molecule has 0 bridgehead atoms. The molecule has 2 amide bonds. The van der Waals surface area contributed by atoms with E-state index < -0.39 is 5.97 Å². The fraction of sp³-hybridized carbons (Fsp3) is 0.636. The minimum absolute atomic E-state index is 0.0486. The van der Waals surface area contributed by atoms with Gasteiger partial charge in [0.05, 0.1) is 18.7 Å². The lowest BCUT2D eigenvalue weighted by atomic mass is 10.1. The number of aromatic nitrogens is 3. The third kappa shape index (κ3) is 3.94. The first-order chi connectivity index (χ1) is 9.15. The maximum atomic E-state index is 11.6. The maximum absolute atomic E-state index is 11.6. The summed E-state index contributed by atoms with van der Waals surface area (Å²) in [7, 11) is 0. The first kappa shape index (κ1) is 13.3. The molecule has 2 atom stereocenters. The summed E-state index contributed by atoms with van der Waals surface area (Å²) in [5, 5.41) is 21.8. The van der Waals surface area contributed by atoms with Gasteiger partial charge in [-0.3, -0.25) is 9.48 Å². The summed E-state index contributed by atoms with van der Waals surface area (Å²) in [4.78, 5) is 22.4. The molecule has 1 heterocycles. The van der Waals surface area contributed by atoms with Crippen LogP contribution in [0.5, 0.6) is 0 Å². The minimum Gasteiger partial charge on any atom is -0.481 e. The molecule has 0 unspecified atom stereocenters. The van der Waals surface area contributed by atoms with Crippen LogP contribution in [0.3, 0.4) is 0 Å². The average Bonchev–Trinajstić information content (AvgIpc) is 3.00.